The van der Waals surface area contributed by atoms with Gasteiger partial charge in [0, 0.05) is 24.2 Å². The minimum Gasteiger partial charge on any atom is -0.303 e. The van der Waals surface area contributed by atoms with Crippen LogP contribution in [0.15, 0.2) is 48.8 Å². The van der Waals surface area contributed by atoms with Gasteiger partial charge in [0.25, 0.3) is 0 Å². The normalized spacial score (nSPS) is 14.2. The number of nitro groups is 1. The van der Waals surface area contributed by atoms with E-state index in [0.717, 1.165) is 11.3 Å². The topological polar surface area (TPSA) is 59.3 Å². The van der Waals surface area contributed by atoms with Gasteiger partial charge in [0.2, 0.25) is 5.82 Å². The lowest BCUT2D eigenvalue weighted by atomic mass is 10.2. The van der Waals surface area contributed by atoms with Crippen molar-refractivity contribution in [3.63, 3.8) is 0 Å². The molecule has 0 spiro atoms. The van der Waals surface area contributed by atoms with Crippen LogP contribution in [0.25, 0.3) is 0 Å². The van der Waals surface area contributed by atoms with E-state index in [4.69, 9.17) is 0 Å². The molecule has 0 amide bonds. The molecule has 0 radical (unpaired) electrons. The average molecular weight is 229 g/mol. The standard InChI is InChI=1S/C12H11N3O2/c1-9-5-7-14(8-6-9)12-11(15(16)17)4-3-10(2)13-12/h3-8H,1H2,2H3. The maximum atomic E-state index is 10.9. The van der Waals surface area contributed by atoms with Crippen molar-refractivity contribution in [2.45, 2.75) is 6.92 Å². The number of rotatable bonds is 2. The van der Waals surface area contributed by atoms with Gasteiger partial charge in [-0.05, 0) is 30.7 Å². The van der Waals surface area contributed by atoms with E-state index in [1.165, 1.54) is 6.07 Å². The van der Waals surface area contributed by atoms with Crippen molar-refractivity contribution in [1.82, 2.24) is 4.98 Å². The van der Waals surface area contributed by atoms with Gasteiger partial charge in [0.15, 0.2) is 0 Å². The van der Waals surface area contributed by atoms with Crippen molar-refractivity contribution in [2.24, 2.45) is 0 Å². The summed E-state index contributed by atoms with van der Waals surface area (Å²) < 4.78 is 0. The summed E-state index contributed by atoms with van der Waals surface area (Å²) in [5, 5.41) is 10.9. The maximum absolute atomic E-state index is 10.9. The van der Waals surface area contributed by atoms with Crippen LogP contribution in [0.4, 0.5) is 11.5 Å². The van der Waals surface area contributed by atoms with Gasteiger partial charge in [-0.25, -0.2) is 4.98 Å². The fourth-order valence-electron chi connectivity index (χ4n) is 1.47. The van der Waals surface area contributed by atoms with Crippen molar-refractivity contribution in [3.8, 4) is 0 Å². The third-order valence-corrected chi connectivity index (χ3v) is 2.33. The van der Waals surface area contributed by atoms with Crippen LogP contribution in [-0.4, -0.2) is 9.91 Å². The maximum Gasteiger partial charge on any atom is 0.312 e. The summed E-state index contributed by atoms with van der Waals surface area (Å²) in [4.78, 5) is 16.3. The van der Waals surface area contributed by atoms with Crippen LogP contribution in [0.1, 0.15) is 5.69 Å². The van der Waals surface area contributed by atoms with Crippen LogP contribution in [0.3, 0.4) is 0 Å². The first kappa shape index (κ1) is 11.1. The molecule has 0 unspecified atom stereocenters. The van der Waals surface area contributed by atoms with E-state index in [1.807, 2.05) is 0 Å². The molecule has 0 saturated heterocycles. The van der Waals surface area contributed by atoms with Crippen molar-refractivity contribution >= 4 is 11.5 Å². The van der Waals surface area contributed by atoms with Crippen LogP contribution in [0.5, 0.6) is 0 Å². The van der Waals surface area contributed by atoms with Crippen molar-refractivity contribution in [3.05, 3.63) is 64.6 Å². The summed E-state index contributed by atoms with van der Waals surface area (Å²) in [5.41, 5.74) is 1.56. The molecular formula is C12H11N3O2. The Hall–Kier alpha value is -2.43. The van der Waals surface area contributed by atoms with Gasteiger partial charge in [0.1, 0.15) is 0 Å². The second-order valence-corrected chi connectivity index (χ2v) is 3.67. The fraction of sp³-hybridized carbons (Fsp3) is 0.0833. The Labute approximate surface area is 98.5 Å². The first-order valence-electron chi connectivity index (χ1n) is 5.03. The molecule has 2 heterocycles. The minimum absolute atomic E-state index is 0.0163. The first-order valence-corrected chi connectivity index (χ1v) is 5.03. The number of anilines is 1. The zero-order valence-corrected chi connectivity index (χ0v) is 9.33. The first-order chi connectivity index (χ1) is 8.08. The van der Waals surface area contributed by atoms with Gasteiger partial charge in [-0.3, -0.25) is 10.1 Å². The van der Waals surface area contributed by atoms with Crippen LogP contribution in [0.2, 0.25) is 0 Å². The van der Waals surface area contributed by atoms with Crippen LogP contribution >= 0.6 is 0 Å². The molecule has 5 heteroatoms. The highest BCUT2D eigenvalue weighted by atomic mass is 16.6. The number of pyridine rings is 1. The number of nitrogens with zero attached hydrogens (tertiary/aromatic N) is 3. The number of aromatic nitrogens is 1. The largest absolute Gasteiger partial charge is 0.312 e. The van der Waals surface area contributed by atoms with Crippen molar-refractivity contribution < 1.29 is 4.92 Å². The summed E-state index contributed by atoms with van der Waals surface area (Å²) in [5.74, 6) is 0.315. The zero-order chi connectivity index (χ0) is 12.4. The van der Waals surface area contributed by atoms with Gasteiger partial charge in [0.05, 0.1) is 4.92 Å². The Morgan fingerprint density at radius 1 is 1.35 bits per heavy atom. The Morgan fingerprint density at radius 2 is 2.00 bits per heavy atom. The minimum atomic E-state index is -0.438. The molecule has 5 nitrogen and oxygen atoms in total. The predicted octanol–water partition coefficient (Wildman–Crippen LogP) is 2.70. The number of aryl methyl sites for hydroxylation is 1. The molecule has 0 aliphatic carbocycles. The second-order valence-electron chi connectivity index (χ2n) is 3.67. The second kappa shape index (κ2) is 4.21. The smallest absolute Gasteiger partial charge is 0.303 e. The van der Waals surface area contributed by atoms with E-state index in [9.17, 15) is 10.1 Å². The lowest BCUT2D eigenvalue weighted by Gasteiger charge is -2.17. The molecule has 1 aromatic rings. The molecule has 1 aliphatic heterocycles. The van der Waals surface area contributed by atoms with E-state index in [1.54, 1.807) is 42.4 Å². The summed E-state index contributed by atoms with van der Waals surface area (Å²) >= 11 is 0. The molecule has 0 atom stereocenters. The highest BCUT2D eigenvalue weighted by Crippen LogP contribution is 2.28. The molecule has 0 N–H and O–H groups in total. The summed E-state index contributed by atoms with van der Waals surface area (Å²) in [7, 11) is 0. The number of hydrogen-bond acceptors (Lipinski definition) is 4. The zero-order valence-electron chi connectivity index (χ0n) is 9.33. The Balaban J connectivity index is 2.47. The Morgan fingerprint density at radius 3 is 2.59 bits per heavy atom. The fourth-order valence-corrected chi connectivity index (χ4v) is 1.47. The molecule has 0 aromatic carbocycles. The molecule has 0 fully saturated rings. The molecule has 0 bridgehead atoms. The number of allylic oxidation sites excluding steroid dienone is 3. The quantitative estimate of drug-likeness (QED) is 0.578. The predicted molar refractivity (Wildman–Crippen MR) is 65.5 cm³/mol. The molecule has 1 aliphatic rings. The lowest BCUT2D eigenvalue weighted by Crippen LogP contribution is -2.13. The molecule has 1 aromatic heterocycles. The molecule has 0 saturated carbocycles. The van der Waals surface area contributed by atoms with Crippen molar-refractivity contribution in [2.75, 3.05) is 4.90 Å². The summed E-state index contributed by atoms with van der Waals surface area (Å²) in [6.45, 7) is 5.56. The summed E-state index contributed by atoms with van der Waals surface area (Å²) in [6.07, 6.45) is 6.95. The SMILES string of the molecule is C=C1C=CN(c2nc(C)ccc2[N+](=O)[O-])C=C1. The van der Waals surface area contributed by atoms with Crippen LogP contribution in [0, 0.1) is 17.0 Å². The molecule has 86 valence electrons. The van der Waals surface area contributed by atoms with Crippen molar-refractivity contribution in [1.29, 1.82) is 0 Å². The summed E-state index contributed by atoms with van der Waals surface area (Å²) in [6, 6.07) is 3.08. The lowest BCUT2D eigenvalue weighted by molar-refractivity contribution is -0.384. The third kappa shape index (κ3) is 2.23. The monoisotopic (exact) mass is 229 g/mol. The van der Waals surface area contributed by atoms with Crippen LogP contribution in [-0.2, 0) is 0 Å². The van der Waals surface area contributed by atoms with E-state index in [-0.39, 0.29) is 5.69 Å². The molecule has 17 heavy (non-hydrogen) atoms. The van der Waals surface area contributed by atoms with E-state index in [2.05, 4.69) is 11.6 Å². The van der Waals surface area contributed by atoms with E-state index >= 15 is 0 Å². The van der Waals surface area contributed by atoms with Gasteiger partial charge in [-0.15, -0.1) is 0 Å². The van der Waals surface area contributed by atoms with E-state index < -0.39 is 4.92 Å². The third-order valence-electron chi connectivity index (χ3n) is 2.33. The highest BCUT2D eigenvalue weighted by molar-refractivity contribution is 5.63. The van der Waals surface area contributed by atoms with Gasteiger partial charge < -0.3 is 4.90 Å². The van der Waals surface area contributed by atoms with Gasteiger partial charge in [-0.1, -0.05) is 6.58 Å². The molecule has 2 rings (SSSR count). The number of hydrogen-bond donors (Lipinski definition) is 0. The van der Waals surface area contributed by atoms with Gasteiger partial charge in [-0.2, -0.15) is 0 Å². The van der Waals surface area contributed by atoms with Crippen LogP contribution < -0.4 is 4.90 Å². The van der Waals surface area contributed by atoms with E-state index in [0.29, 0.717) is 5.82 Å². The molecular weight excluding hydrogens is 218 g/mol. The average Bonchev–Trinajstić information content (AvgIpc) is 2.29. The van der Waals surface area contributed by atoms with Gasteiger partial charge >= 0.3 is 5.69 Å². The Kier molecular flexibility index (Phi) is 2.74. The highest BCUT2D eigenvalue weighted by Gasteiger charge is 2.19. The Bertz CT molecular complexity index is 531.